The van der Waals surface area contributed by atoms with Gasteiger partial charge in [0.15, 0.2) is 10.8 Å². The number of nitrogens with one attached hydrogen (secondary N) is 1. The molecule has 0 aromatic carbocycles. The zero-order valence-corrected chi connectivity index (χ0v) is 10.0. The highest BCUT2D eigenvalue weighted by molar-refractivity contribution is 7.98. The summed E-state index contributed by atoms with van der Waals surface area (Å²) in [6, 6.07) is 8.11. The first-order valence-corrected chi connectivity index (χ1v) is 6.74. The van der Waals surface area contributed by atoms with E-state index in [1.165, 1.54) is 4.88 Å². The summed E-state index contributed by atoms with van der Waals surface area (Å²) in [7, 11) is 0. The maximum absolute atomic E-state index is 4.41. The SMILES string of the molecule is c1csc(CSc2nc3ncccc3[nH]2)c1. The zero-order valence-electron chi connectivity index (χ0n) is 8.38. The van der Waals surface area contributed by atoms with Gasteiger partial charge in [0, 0.05) is 16.8 Å². The molecule has 3 aromatic heterocycles. The van der Waals surface area contributed by atoms with E-state index in [-0.39, 0.29) is 0 Å². The van der Waals surface area contributed by atoms with Gasteiger partial charge in [-0.3, -0.25) is 0 Å². The quantitative estimate of drug-likeness (QED) is 0.722. The molecule has 0 spiro atoms. The van der Waals surface area contributed by atoms with E-state index in [0.29, 0.717) is 0 Å². The van der Waals surface area contributed by atoms with Crippen LogP contribution in [0.25, 0.3) is 11.2 Å². The van der Waals surface area contributed by atoms with Gasteiger partial charge in [-0.25, -0.2) is 9.97 Å². The Morgan fingerprint density at radius 3 is 3.12 bits per heavy atom. The Morgan fingerprint density at radius 1 is 1.31 bits per heavy atom. The van der Waals surface area contributed by atoms with Crippen LogP contribution in [-0.2, 0) is 5.75 Å². The van der Waals surface area contributed by atoms with Crippen molar-refractivity contribution in [2.75, 3.05) is 0 Å². The van der Waals surface area contributed by atoms with Gasteiger partial charge in [-0.15, -0.1) is 11.3 Å². The third-order valence-corrected chi connectivity index (χ3v) is 4.15. The minimum atomic E-state index is 0.788. The molecule has 0 fully saturated rings. The van der Waals surface area contributed by atoms with E-state index in [2.05, 4.69) is 32.5 Å². The van der Waals surface area contributed by atoms with Crippen molar-refractivity contribution in [2.24, 2.45) is 0 Å². The van der Waals surface area contributed by atoms with Crippen molar-refractivity contribution in [1.29, 1.82) is 0 Å². The van der Waals surface area contributed by atoms with Gasteiger partial charge in [0.2, 0.25) is 0 Å². The number of aromatic nitrogens is 3. The predicted octanol–water partition coefficient (Wildman–Crippen LogP) is 3.31. The molecular weight excluding hydrogens is 238 g/mol. The number of hydrogen-bond donors (Lipinski definition) is 1. The highest BCUT2D eigenvalue weighted by Crippen LogP contribution is 2.24. The van der Waals surface area contributed by atoms with Gasteiger partial charge >= 0.3 is 0 Å². The second-order valence-electron chi connectivity index (χ2n) is 3.28. The lowest BCUT2D eigenvalue weighted by Gasteiger charge is -1.92. The maximum atomic E-state index is 4.41. The van der Waals surface area contributed by atoms with Gasteiger partial charge in [-0.05, 0) is 23.6 Å². The van der Waals surface area contributed by atoms with Crippen molar-refractivity contribution in [3.05, 3.63) is 40.7 Å². The van der Waals surface area contributed by atoms with Crippen molar-refractivity contribution < 1.29 is 0 Å². The number of nitrogens with zero attached hydrogens (tertiary/aromatic N) is 2. The van der Waals surface area contributed by atoms with Crippen molar-refractivity contribution >= 4 is 34.3 Å². The molecule has 0 saturated heterocycles. The van der Waals surface area contributed by atoms with Crippen molar-refractivity contribution in [1.82, 2.24) is 15.0 Å². The molecule has 0 radical (unpaired) electrons. The average molecular weight is 247 g/mol. The number of rotatable bonds is 3. The summed E-state index contributed by atoms with van der Waals surface area (Å²) in [6.07, 6.45) is 1.76. The normalized spacial score (nSPS) is 11.0. The number of pyridine rings is 1. The number of thioether (sulfide) groups is 1. The lowest BCUT2D eigenvalue weighted by atomic mass is 10.4. The largest absolute Gasteiger partial charge is 0.332 e. The fourth-order valence-corrected chi connectivity index (χ4v) is 3.07. The number of aromatic amines is 1. The molecule has 1 N–H and O–H groups in total. The molecule has 0 saturated carbocycles. The van der Waals surface area contributed by atoms with Crippen LogP contribution in [0.15, 0.2) is 41.0 Å². The van der Waals surface area contributed by atoms with E-state index < -0.39 is 0 Å². The summed E-state index contributed by atoms with van der Waals surface area (Å²) >= 11 is 3.48. The number of thiophene rings is 1. The summed E-state index contributed by atoms with van der Waals surface area (Å²) in [5.74, 6) is 0.956. The standard InChI is InChI=1S/C11H9N3S2/c1-4-9-10(12-5-1)14-11(13-9)16-7-8-3-2-6-15-8/h1-6H,7H2,(H,12,13,14). The number of fused-ring (bicyclic) bond motifs is 1. The second kappa shape index (κ2) is 4.27. The van der Waals surface area contributed by atoms with Gasteiger partial charge in [-0.2, -0.15) is 0 Å². The Kier molecular flexibility index (Phi) is 2.63. The van der Waals surface area contributed by atoms with Gasteiger partial charge in [0.25, 0.3) is 0 Å². The van der Waals surface area contributed by atoms with E-state index in [0.717, 1.165) is 22.1 Å². The Bertz CT molecular complexity index is 553. The monoisotopic (exact) mass is 247 g/mol. The van der Waals surface area contributed by atoms with E-state index in [9.17, 15) is 0 Å². The third-order valence-electron chi connectivity index (χ3n) is 2.17. The van der Waals surface area contributed by atoms with E-state index in [1.807, 2.05) is 12.1 Å². The molecule has 80 valence electrons. The average Bonchev–Trinajstić information content (AvgIpc) is 2.95. The molecule has 3 rings (SSSR count). The molecule has 3 aromatic rings. The Labute approximate surface area is 101 Å². The van der Waals surface area contributed by atoms with Crippen LogP contribution in [0.4, 0.5) is 0 Å². The minimum Gasteiger partial charge on any atom is -0.332 e. The highest BCUT2D eigenvalue weighted by Gasteiger charge is 2.03. The lowest BCUT2D eigenvalue weighted by molar-refractivity contribution is 1.07. The molecule has 0 bridgehead atoms. The molecule has 0 unspecified atom stereocenters. The maximum Gasteiger partial charge on any atom is 0.178 e. The smallest absolute Gasteiger partial charge is 0.178 e. The van der Waals surface area contributed by atoms with Crippen LogP contribution < -0.4 is 0 Å². The van der Waals surface area contributed by atoms with E-state index in [4.69, 9.17) is 0 Å². The van der Waals surface area contributed by atoms with Crippen LogP contribution in [0.5, 0.6) is 0 Å². The first kappa shape index (κ1) is 9.86. The molecule has 0 aliphatic rings. The van der Waals surface area contributed by atoms with Crippen LogP contribution in [0.1, 0.15) is 4.88 Å². The molecule has 16 heavy (non-hydrogen) atoms. The molecule has 0 atom stereocenters. The number of H-pyrrole nitrogens is 1. The second-order valence-corrected chi connectivity index (χ2v) is 5.28. The van der Waals surface area contributed by atoms with Crippen molar-refractivity contribution in [3.63, 3.8) is 0 Å². The minimum absolute atomic E-state index is 0.788. The Morgan fingerprint density at radius 2 is 2.31 bits per heavy atom. The fourth-order valence-electron chi connectivity index (χ4n) is 1.43. The Balaban J connectivity index is 1.79. The summed E-state index contributed by atoms with van der Waals surface area (Å²) in [5.41, 5.74) is 1.78. The van der Waals surface area contributed by atoms with Crippen LogP contribution in [0.3, 0.4) is 0 Å². The van der Waals surface area contributed by atoms with Crippen LogP contribution in [0, 0.1) is 0 Å². The number of hydrogen-bond acceptors (Lipinski definition) is 4. The molecule has 0 aliphatic carbocycles. The van der Waals surface area contributed by atoms with Crippen LogP contribution >= 0.6 is 23.1 Å². The van der Waals surface area contributed by atoms with Gasteiger partial charge < -0.3 is 4.98 Å². The molecule has 3 heterocycles. The van der Waals surface area contributed by atoms with Crippen LogP contribution in [0.2, 0.25) is 0 Å². The highest BCUT2D eigenvalue weighted by atomic mass is 32.2. The van der Waals surface area contributed by atoms with Gasteiger partial charge in [0.1, 0.15) is 0 Å². The lowest BCUT2D eigenvalue weighted by Crippen LogP contribution is -1.76. The molecule has 3 nitrogen and oxygen atoms in total. The summed E-state index contributed by atoms with van der Waals surface area (Å²) < 4.78 is 0. The van der Waals surface area contributed by atoms with Gasteiger partial charge in [-0.1, -0.05) is 17.8 Å². The summed E-state index contributed by atoms with van der Waals surface area (Å²) in [4.78, 5) is 13.2. The molecule has 0 amide bonds. The third kappa shape index (κ3) is 1.96. The Hall–Kier alpha value is -1.33. The topological polar surface area (TPSA) is 41.6 Å². The first-order chi connectivity index (χ1) is 7.92. The number of imidazole rings is 1. The van der Waals surface area contributed by atoms with Crippen molar-refractivity contribution in [3.8, 4) is 0 Å². The summed E-state index contributed by atoms with van der Waals surface area (Å²) in [6.45, 7) is 0. The fraction of sp³-hybridized carbons (Fsp3) is 0.0909. The zero-order chi connectivity index (χ0) is 10.8. The molecule has 0 aliphatic heterocycles. The molecular formula is C11H9N3S2. The van der Waals surface area contributed by atoms with Gasteiger partial charge in [0.05, 0.1) is 5.52 Å². The van der Waals surface area contributed by atoms with Crippen LogP contribution in [-0.4, -0.2) is 15.0 Å². The van der Waals surface area contributed by atoms with Crippen molar-refractivity contribution in [2.45, 2.75) is 10.9 Å². The first-order valence-electron chi connectivity index (χ1n) is 4.88. The van der Waals surface area contributed by atoms with E-state index in [1.54, 1.807) is 29.3 Å². The van der Waals surface area contributed by atoms with E-state index >= 15 is 0 Å². The molecule has 5 heteroatoms. The predicted molar refractivity (Wildman–Crippen MR) is 67.8 cm³/mol. The summed E-state index contributed by atoms with van der Waals surface area (Å²) in [5, 5.41) is 3.03.